The largest absolute Gasteiger partial charge is 0.355 e. The lowest BCUT2D eigenvalue weighted by Gasteiger charge is -1.97. The van der Waals surface area contributed by atoms with E-state index in [1.807, 2.05) is 30.3 Å². The number of H-pyrrole nitrogens is 1. The molecule has 3 nitrogen and oxygen atoms in total. The molecule has 1 heterocycles. The van der Waals surface area contributed by atoms with E-state index in [1.54, 1.807) is 0 Å². The predicted molar refractivity (Wildman–Crippen MR) is 59.4 cm³/mol. The molecule has 2 aromatic rings. The zero-order valence-corrected chi connectivity index (χ0v) is 7.96. The Morgan fingerprint density at radius 1 is 1.43 bits per heavy atom. The summed E-state index contributed by atoms with van der Waals surface area (Å²) in [6.45, 7) is 4.53. The molecule has 0 saturated heterocycles. The van der Waals surface area contributed by atoms with E-state index in [1.165, 1.54) is 0 Å². The fourth-order valence-electron chi connectivity index (χ4n) is 1.33. The van der Waals surface area contributed by atoms with Crippen molar-refractivity contribution in [2.24, 2.45) is 0 Å². The van der Waals surface area contributed by atoms with Crippen LogP contribution in [-0.2, 0) is 0 Å². The molecule has 14 heavy (non-hydrogen) atoms. The highest BCUT2D eigenvalue weighted by atomic mass is 15.1. The minimum Gasteiger partial charge on any atom is -0.355 e. The predicted octanol–water partition coefficient (Wildman–Crippen LogP) is 2.55. The second-order valence-corrected chi connectivity index (χ2v) is 3.11. The Labute approximate surface area is 82.9 Å². The van der Waals surface area contributed by atoms with Crippen LogP contribution in [0.3, 0.4) is 0 Å². The van der Waals surface area contributed by atoms with Gasteiger partial charge in [-0.2, -0.15) is 0 Å². The number of rotatable bonds is 4. The van der Waals surface area contributed by atoms with Crippen LogP contribution in [0.15, 0.2) is 36.9 Å². The van der Waals surface area contributed by atoms with Crippen molar-refractivity contribution in [1.82, 2.24) is 9.97 Å². The molecule has 2 N–H and O–H groups in total. The average molecular weight is 187 g/mol. The first-order valence-corrected chi connectivity index (χ1v) is 4.69. The summed E-state index contributed by atoms with van der Waals surface area (Å²) in [4.78, 5) is 7.58. The molecule has 0 aliphatic rings. The van der Waals surface area contributed by atoms with E-state index in [2.05, 4.69) is 21.9 Å². The van der Waals surface area contributed by atoms with Crippen LogP contribution in [0.2, 0.25) is 0 Å². The molecular weight excluding hydrogens is 174 g/mol. The number of hydrogen-bond acceptors (Lipinski definition) is 2. The van der Waals surface area contributed by atoms with E-state index in [9.17, 15) is 0 Å². The first kappa shape index (κ1) is 8.81. The van der Waals surface area contributed by atoms with Gasteiger partial charge >= 0.3 is 0 Å². The minimum absolute atomic E-state index is 0.827. The Bertz CT molecular complexity index is 398. The van der Waals surface area contributed by atoms with Crippen LogP contribution in [0.5, 0.6) is 0 Å². The van der Waals surface area contributed by atoms with E-state index in [4.69, 9.17) is 0 Å². The molecule has 0 fully saturated rings. The highest BCUT2D eigenvalue weighted by Crippen LogP contribution is 2.12. The van der Waals surface area contributed by atoms with Crippen LogP contribution >= 0.6 is 0 Å². The molecule has 2 rings (SSSR count). The van der Waals surface area contributed by atoms with Crippen LogP contribution in [-0.4, -0.2) is 16.5 Å². The number of aromatic nitrogens is 2. The smallest absolute Gasteiger partial charge is 0.201 e. The van der Waals surface area contributed by atoms with Gasteiger partial charge in [-0.25, -0.2) is 4.98 Å². The van der Waals surface area contributed by atoms with Gasteiger partial charge in [-0.05, 0) is 18.6 Å². The molecule has 0 amide bonds. The van der Waals surface area contributed by atoms with Gasteiger partial charge in [0.25, 0.3) is 0 Å². The maximum Gasteiger partial charge on any atom is 0.201 e. The van der Waals surface area contributed by atoms with Crippen molar-refractivity contribution in [3.63, 3.8) is 0 Å². The third-order valence-electron chi connectivity index (χ3n) is 2.03. The fraction of sp³-hybridized carbons (Fsp3) is 0.182. The molecule has 72 valence electrons. The van der Waals surface area contributed by atoms with Crippen LogP contribution in [0.1, 0.15) is 6.42 Å². The molecule has 1 aromatic heterocycles. The second kappa shape index (κ2) is 3.96. The normalized spacial score (nSPS) is 10.3. The SMILES string of the molecule is C=CCCNc1nc2ccccc2[nH]1. The summed E-state index contributed by atoms with van der Waals surface area (Å²) in [5, 5.41) is 3.20. The van der Waals surface area contributed by atoms with Crippen molar-refractivity contribution >= 4 is 17.0 Å². The Morgan fingerprint density at radius 2 is 2.29 bits per heavy atom. The maximum atomic E-state index is 4.38. The number of benzene rings is 1. The zero-order valence-electron chi connectivity index (χ0n) is 7.96. The summed E-state index contributed by atoms with van der Waals surface area (Å²) in [5.74, 6) is 0.827. The van der Waals surface area contributed by atoms with Gasteiger partial charge in [0, 0.05) is 6.54 Å². The molecular formula is C11H13N3. The van der Waals surface area contributed by atoms with Crippen molar-refractivity contribution in [1.29, 1.82) is 0 Å². The van der Waals surface area contributed by atoms with Gasteiger partial charge in [-0.3, -0.25) is 0 Å². The molecule has 0 radical (unpaired) electrons. The van der Waals surface area contributed by atoms with Crippen LogP contribution in [0, 0.1) is 0 Å². The highest BCUT2D eigenvalue weighted by molar-refractivity contribution is 5.77. The summed E-state index contributed by atoms with van der Waals surface area (Å²) in [7, 11) is 0. The first-order chi connectivity index (χ1) is 6.90. The van der Waals surface area contributed by atoms with E-state index in [0.717, 1.165) is 29.9 Å². The van der Waals surface area contributed by atoms with Crippen molar-refractivity contribution in [3.8, 4) is 0 Å². The van der Waals surface area contributed by atoms with E-state index < -0.39 is 0 Å². The van der Waals surface area contributed by atoms with E-state index in [0.29, 0.717) is 0 Å². The van der Waals surface area contributed by atoms with Crippen LogP contribution < -0.4 is 5.32 Å². The average Bonchev–Trinajstić information content (AvgIpc) is 2.60. The molecule has 0 saturated carbocycles. The molecule has 0 bridgehead atoms. The molecule has 0 aliphatic heterocycles. The summed E-state index contributed by atoms with van der Waals surface area (Å²) in [6, 6.07) is 7.98. The Kier molecular flexibility index (Phi) is 2.49. The summed E-state index contributed by atoms with van der Waals surface area (Å²) in [6.07, 6.45) is 2.83. The number of anilines is 1. The Hall–Kier alpha value is -1.77. The fourth-order valence-corrected chi connectivity index (χ4v) is 1.33. The van der Waals surface area contributed by atoms with E-state index in [-0.39, 0.29) is 0 Å². The van der Waals surface area contributed by atoms with Crippen molar-refractivity contribution in [2.75, 3.05) is 11.9 Å². The summed E-state index contributed by atoms with van der Waals surface area (Å²) in [5.41, 5.74) is 2.06. The number of imidazole rings is 1. The lowest BCUT2D eigenvalue weighted by Crippen LogP contribution is -2.01. The molecule has 0 unspecified atom stereocenters. The number of nitrogens with zero attached hydrogens (tertiary/aromatic N) is 1. The third-order valence-corrected chi connectivity index (χ3v) is 2.03. The van der Waals surface area contributed by atoms with Crippen molar-refractivity contribution in [3.05, 3.63) is 36.9 Å². The maximum absolute atomic E-state index is 4.38. The van der Waals surface area contributed by atoms with E-state index >= 15 is 0 Å². The lowest BCUT2D eigenvalue weighted by atomic mass is 10.3. The second-order valence-electron chi connectivity index (χ2n) is 3.11. The molecule has 0 aliphatic carbocycles. The minimum atomic E-state index is 0.827. The van der Waals surface area contributed by atoms with Crippen LogP contribution in [0.25, 0.3) is 11.0 Å². The van der Waals surface area contributed by atoms with Crippen molar-refractivity contribution < 1.29 is 0 Å². The monoisotopic (exact) mass is 187 g/mol. The lowest BCUT2D eigenvalue weighted by molar-refractivity contribution is 1.04. The topological polar surface area (TPSA) is 40.7 Å². The number of nitrogens with one attached hydrogen (secondary N) is 2. The standard InChI is InChI=1S/C11H13N3/c1-2-3-8-12-11-13-9-6-4-5-7-10(9)14-11/h2,4-7H,1,3,8H2,(H2,12,13,14). The molecule has 0 atom stereocenters. The van der Waals surface area contributed by atoms with Gasteiger partial charge in [-0.1, -0.05) is 18.2 Å². The summed E-state index contributed by atoms with van der Waals surface area (Å²) < 4.78 is 0. The Balaban J connectivity index is 2.14. The molecule has 3 heteroatoms. The Morgan fingerprint density at radius 3 is 3.07 bits per heavy atom. The number of aromatic amines is 1. The third kappa shape index (κ3) is 1.76. The van der Waals surface area contributed by atoms with Gasteiger partial charge in [-0.15, -0.1) is 6.58 Å². The number of fused-ring (bicyclic) bond motifs is 1. The van der Waals surface area contributed by atoms with Crippen LogP contribution in [0.4, 0.5) is 5.95 Å². The highest BCUT2D eigenvalue weighted by Gasteiger charge is 1.99. The molecule has 0 spiro atoms. The first-order valence-electron chi connectivity index (χ1n) is 4.69. The van der Waals surface area contributed by atoms with Gasteiger partial charge in [0.1, 0.15) is 0 Å². The summed E-state index contributed by atoms with van der Waals surface area (Å²) >= 11 is 0. The van der Waals surface area contributed by atoms with Gasteiger partial charge < -0.3 is 10.3 Å². The number of hydrogen-bond donors (Lipinski definition) is 2. The number of para-hydroxylation sites is 2. The van der Waals surface area contributed by atoms with Gasteiger partial charge in [0.2, 0.25) is 5.95 Å². The zero-order chi connectivity index (χ0) is 9.80. The molecule has 1 aromatic carbocycles. The van der Waals surface area contributed by atoms with Gasteiger partial charge in [0.05, 0.1) is 11.0 Å². The van der Waals surface area contributed by atoms with Gasteiger partial charge in [0.15, 0.2) is 0 Å². The quantitative estimate of drug-likeness (QED) is 0.570. The van der Waals surface area contributed by atoms with Crippen molar-refractivity contribution in [2.45, 2.75) is 6.42 Å².